The first-order chi connectivity index (χ1) is 32.4. The van der Waals surface area contributed by atoms with Crippen LogP contribution >= 0.6 is 0 Å². The fourth-order valence-electron chi connectivity index (χ4n) is 10.2. The zero-order valence-electron chi connectivity index (χ0n) is 40.6. The van der Waals surface area contributed by atoms with Gasteiger partial charge in [0.15, 0.2) is 0 Å². The largest absolute Gasteiger partial charge is 0.508 e. The minimum absolute atomic E-state index is 0.0132. The molecule has 0 spiro atoms. The number of likely N-dealkylation sites (tertiary alicyclic amines) is 1. The lowest BCUT2D eigenvalue weighted by molar-refractivity contribution is -0.155. The number of hydrogen-bond acceptors (Lipinski definition) is 10. The van der Waals surface area contributed by atoms with Crippen LogP contribution in [0.1, 0.15) is 70.6 Å². The van der Waals surface area contributed by atoms with Crippen LogP contribution in [0.4, 0.5) is 0 Å². The highest BCUT2D eigenvalue weighted by atomic mass is 16.5. The molecule has 5 heterocycles. The smallest absolute Gasteiger partial charge is 0.324 e. The number of nitrogens with zero attached hydrogens (tertiary/aromatic N) is 5. The summed E-state index contributed by atoms with van der Waals surface area (Å²) in [6, 6.07) is 13.8. The first-order valence-electron chi connectivity index (χ1n) is 23.8. The van der Waals surface area contributed by atoms with E-state index in [4.69, 9.17) is 14.5 Å². The fourth-order valence-corrected chi connectivity index (χ4v) is 10.2. The van der Waals surface area contributed by atoms with Crippen LogP contribution < -0.4 is 10.7 Å². The molecule has 3 aliphatic heterocycles. The Morgan fingerprint density at radius 1 is 1.12 bits per heavy atom. The van der Waals surface area contributed by atoms with Gasteiger partial charge in [0.05, 0.1) is 48.2 Å². The Bertz CT molecular complexity index is 2600. The SMILES string of the molecule is C=CC(=O)N1CC[C@H](C(=O)N(C)[C@H](C(=O)NC(=C)C2Cc3cc(O)cc(c3)-c3cc4c(c(-c5ccccc5CCOC)n(CC)c4cn3)CC(C)(C)COC(=O)[C@@H]3CCCN(N3)C2=O)C(C)C)C1. The van der Waals surface area contributed by atoms with Gasteiger partial charge in [-0.3, -0.25) is 34.0 Å². The van der Waals surface area contributed by atoms with E-state index in [2.05, 4.69) is 61.4 Å². The number of aromatic nitrogens is 2. The highest BCUT2D eigenvalue weighted by Crippen LogP contribution is 2.41. The van der Waals surface area contributed by atoms with Gasteiger partial charge in [0, 0.05) is 68.0 Å². The van der Waals surface area contributed by atoms with E-state index in [9.17, 15) is 29.1 Å². The third-order valence-electron chi connectivity index (χ3n) is 13.6. The van der Waals surface area contributed by atoms with Crippen molar-refractivity contribution in [1.82, 2.24) is 35.1 Å². The number of fused-ring (bicyclic) bond motifs is 6. The van der Waals surface area contributed by atoms with Crippen molar-refractivity contribution in [2.75, 3.05) is 47.0 Å². The summed E-state index contributed by atoms with van der Waals surface area (Å²) < 4.78 is 13.9. The zero-order valence-corrected chi connectivity index (χ0v) is 40.6. The van der Waals surface area contributed by atoms with Crippen molar-refractivity contribution >= 4 is 40.5 Å². The van der Waals surface area contributed by atoms with Crippen LogP contribution in [0.3, 0.4) is 0 Å². The Morgan fingerprint density at radius 3 is 2.60 bits per heavy atom. The van der Waals surface area contributed by atoms with Crippen LogP contribution in [0.25, 0.3) is 33.4 Å². The third kappa shape index (κ3) is 10.5. The van der Waals surface area contributed by atoms with Crippen LogP contribution in [0.15, 0.2) is 79.7 Å². The minimum atomic E-state index is -1.07. The number of likely N-dealkylation sites (N-methyl/N-ethyl adjacent to an activating group) is 1. The van der Waals surface area contributed by atoms with Gasteiger partial charge in [-0.2, -0.15) is 0 Å². The van der Waals surface area contributed by atoms with E-state index in [1.165, 1.54) is 16.0 Å². The minimum Gasteiger partial charge on any atom is -0.508 e. The normalized spacial score (nSPS) is 20.1. The van der Waals surface area contributed by atoms with Gasteiger partial charge in [0.25, 0.3) is 0 Å². The molecule has 15 heteroatoms. The molecule has 7 rings (SSSR count). The summed E-state index contributed by atoms with van der Waals surface area (Å²) in [5.41, 5.74) is 9.83. The molecule has 4 atom stereocenters. The maximum atomic E-state index is 14.8. The van der Waals surface area contributed by atoms with Crippen molar-refractivity contribution < 1.29 is 38.6 Å². The first-order valence-corrected chi connectivity index (χ1v) is 23.8. The molecule has 3 N–H and O–H groups in total. The zero-order chi connectivity index (χ0) is 49.0. The van der Waals surface area contributed by atoms with Gasteiger partial charge in [-0.25, -0.2) is 5.43 Å². The van der Waals surface area contributed by atoms with E-state index in [0.717, 1.165) is 33.3 Å². The second-order valence-corrected chi connectivity index (χ2v) is 19.6. The topological polar surface area (TPSA) is 176 Å². The average molecular weight is 930 g/mol. The molecule has 2 aromatic heterocycles. The number of hydrogen-bond donors (Lipinski definition) is 3. The number of benzene rings is 2. The number of ether oxygens (including phenoxy) is 2. The number of nitrogens with one attached hydrogen (secondary N) is 2. The fraction of sp³-hybridized carbons (Fsp3) is 0.472. The average Bonchev–Trinajstić information content (AvgIpc) is 3.93. The van der Waals surface area contributed by atoms with Gasteiger partial charge in [-0.05, 0) is 98.4 Å². The molecule has 2 fully saturated rings. The van der Waals surface area contributed by atoms with Crippen LogP contribution in [0.5, 0.6) is 5.75 Å². The standard InChI is InChI=1S/C53H67N7O8/c1-10-46(62)58-21-18-36(30-58)50(64)57(8)47(32(3)4)49(63)55-33(5)40-25-34-23-37(26-38(61)24-34)44-27-41-42(28-53(6,7)31-68-52(66)43-17-14-20-60(56-43)51(40)65)48(59(11-2)45(41)29-54-44)39-16-13-12-15-35(39)19-22-67-9/h10,12-13,15-16,23-24,26-27,29,32,36,40,43,47,56,61H,1,5,11,14,17-22,25,28,30-31H2,2-4,6-9H3,(H,55,63)/t36-,40?,43-,47-/m0/s1. The van der Waals surface area contributed by atoms with Gasteiger partial charge >= 0.3 is 5.97 Å². The molecule has 0 saturated carbocycles. The van der Waals surface area contributed by atoms with E-state index in [1.807, 2.05) is 44.3 Å². The Morgan fingerprint density at radius 2 is 1.88 bits per heavy atom. The number of phenols is 1. The third-order valence-corrected chi connectivity index (χ3v) is 13.6. The van der Waals surface area contributed by atoms with Gasteiger partial charge in [-0.15, -0.1) is 0 Å². The van der Waals surface area contributed by atoms with E-state index >= 15 is 0 Å². The number of amides is 4. The summed E-state index contributed by atoms with van der Waals surface area (Å²) in [5, 5.41) is 16.6. The number of pyridine rings is 1. The van der Waals surface area contributed by atoms with Crippen LogP contribution in [0, 0.1) is 23.2 Å². The second-order valence-electron chi connectivity index (χ2n) is 19.6. The summed E-state index contributed by atoms with van der Waals surface area (Å²) in [4.78, 5) is 77.2. The van der Waals surface area contributed by atoms with Gasteiger partial charge < -0.3 is 34.3 Å². The molecule has 4 amide bonds. The highest BCUT2D eigenvalue weighted by molar-refractivity contribution is 5.95. The lowest BCUT2D eigenvalue weighted by Gasteiger charge is -2.36. The summed E-state index contributed by atoms with van der Waals surface area (Å²) in [6.45, 7) is 20.0. The number of carbonyl (C=O) groups is 5. The monoisotopic (exact) mass is 930 g/mol. The Hall–Kier alpha value is -6.32. The number of carbonyl (C=O) groups excluding carboxylic acids is 5. The number of phenolic OH excluding ortho intramolecular Hbond substituents is 1. The lowest BCUT2D eigenvalue weighted by Crippen LogP contribution is -2.58. The quantitative estimate of drug-likeness (QED) is 0.109. The van der Waals surface area contributed by atoms with Crippen molar-refractivity contribution in [2.24, 2.45) is 23.2 Å². The molecular formula is C53H67N7O8. The van der Waals surface area contributed by atoms with Crippen molar-refractivity contribution in [2.45, 2.75) is 91.8 Å². The predicted octanol–water partition coefficient (Wildman–Crippen LogP) is 6.21. The van der Waals surface area contributed by atoms with Crippen molar-refractivity contribution in [3.05, 3.63) is 96.3 Å². The molecular weight excluding hydrogens is 863 g/mol. The Kier molecular flexibility index (Phi) is 15.2. The van der Waals surface area contributed by atoms with Gasteiger partial charge in [0.1, 0.15) is 17.8 Å². The van der Waals surface area contributed by atoms with Crippen LogP contribution in [-0.4, -0.2) is 118 Å². The number of rotatable bonds is 12. The number of hydrazine groups is 1. The van der Waals surface area contributed by atoms with Gasteiger partial charge in [-0.1, -0.05) is 65.1 Å². The van der Waals surface area contributed by atoms with E-state index < -0.39 is 47.1 Å². The van der Waals surface area contributed by atoms with Gasteiger partial charge in [0.2, 0.25) is 23.6 Å². The molecule has 2 aromatic carbocycles. The molecule has 15 nitrogen and oxygen atoms in total. The molecule has 0 aliphatic carbocycles. The number of methoxy groups -OCH3 is 1. The van der Waals surface area contributed by atoms with Crippen LogP contribution in [-0.2, 0) is 59.3 Å². The lowest BCUT2D eigenvalue weighted by atomic mass is 9.84. The van der Waals surface area contributed by atoms with Crippen LogP contribution in [0.2, 0.25) is 0 Å². The predicted molar refractivity (Wildman–Crippen MR) is 261 cm³/mol. The van der Waals surface area contributed by atoms with E-state index in [-0.39, 0.29) is 55.3 Å². The summed E-state index contributed by atoms with van der Waals surface area (Å²) in [5.74, 6) is -3.88. The molecule has 2 saturated heterocycles. The first kappa shape index (κ1) is 49.6. The Labute approximate surface area is 399 Å². The summed E-state index contributed by atoms with van der Waals surface area (Å²) in [7, 11) is 3.28. The van der Waals surface area contributed by atoms with Crippen molar-refractivity contribution in [3.63, 3.8) is 0 Å². The van der Waals surface area contributed by atoms with Crippen molar-refractivity contribution in [1.29, 1.82) is 0 Å². The molecule has 4 aromatic rings. The summed E-state index contributed by atoms with van der Waals surface area (Å²) in [6.07, 6.45) is 5.80. The molecule has 1 unspecified atom stereocenters. The summed E-state index contributed by atoms with van der Waals surface area (Å²) >= 11 is 0. The number of aryl methyl sites for hydroxylation is 1. The molecule has 68 heavy (non-hydrogen) atoms. The molecule has 362 valence electrons. The highest BCUT2D eigenvalue weighted by Gasteiger charge is 2.40. The molecule has 6 bridgehead atoms. The number of esters is 1. The second kappa shape index (κ2) is 20.9. The maximum absolute atomic E-state index is 14.8. The number of cyclic esters (lactones) is 1. The van der Waals surface area contributed by atoms with Crippen molar-refractivity contribution in [3.8, 4) is 28.3 Å². The maximum Gasteiger partial charge on any atom is 0.324 e. The Balaban J connectivity index is 1.28. The van der Waals surface area contributed by atoms with E-state index in [0.29, 0.717) is 68.6 Å². The molecule has 3 aliphatic rings. The molecule has 0 radical (unpaired) electrons. The van der Waals surface area contributed by atoms with E-state index in [1.54, 1.807) is 31.2 Å². The number of aromatic hydroxyl groups is 1.